The van der Waals surface area contributed by atoms with E-state index in [-0.39, 0.29) is 0 Å². The Labute approximate surface area is 58.1 Å². The quantitative estimate of drug-likeness (QED) is 0.640. The number of aromatic nitrogens is 1. The predicted molar refractivity (Wildman–Crippen MR) is 38.1 cm³/mol. The Kier molecular flexibility index (Phi) is 2.37. The first kappa shape index (κ1) is 6.67. The third-order valence-corrected chi connectivity index (χ3v) is 0.866. The van der Waals surface area contributed by atoms with Crippen LogP contribution in [0.15, 0.2) is 21.8 Å². The van der Waals surface area contributed by atoms with E-state index in [0.717, 1.165) is 0 Å². The molecule has 1 heterocycles. The molecule has 1 aromatic heterocycles. The highest BCUT2D eigenvalue weighted by molar-refractivity contribution is 5.78. The molecule has 52 valence electrons. The first-order chi connectivity index (χ1) is 4.93. The van der Waals surface area contributed by atoms with Crippen LogP contribution in [0.1, 0.15) is 6.42 Å². The van der Waals surface area contributed by atoms with Gasteiger partial charge in [0.15, 0.2) is 0 Å². The average molecular weight is 137 g/mol. The summed E-state index contributed by atoms with van der Waals surface area (Å²) in [6.45, 7) is 0. The van der Waals surface area contributed by atoms with Crippen molar-refractivity contribution in [2.75, 3.05) is 0 Å². The third kappa shape index (κ3) is 1.81. The average Bonchev–Trinajstić information content (AvgIpc) is 2.41. The zero-order valence-electron chi connectivity index (χ0n) is 5.32. The van der Waals surface area contributed by atoms with E-state index in [0.29, 0.717) is 12.3 Å². The molecule has 0 aliphatic heterocycles. The highest BCUT2D eigenvalue weighted by Crippen LogP contribution is 2.06. The lowest BCUT2D eigenvalue weighted by atomic mass is 10.5. The summed E-state index contributed by atoms with van der Waals surface area (Å²) in [5.41, 5.74) is 0. The van der Waals surface area contributed by atoms with Gasteiger partial charge in [-0.1, -0.05) is 5.16 Å². The van der Waals surface area contributed by atoms with Crippen molar-refractivity contribution in [2.45, 2.75) is 6.42 Å². The van der Waals surface area contributed by atoms with Crippen molar-refractivity contribution in [3.63, 3.8) is 0 Å². The molecule has 0 aliphatic carbocycles. The van der Waals surface area contributed by atoms with Gasteiger partial charge in [-0.25, -0.2) is 4.99 Å². The zero-order valence-corrected chi connectivity index (χ0v) is 5.32. The van der Waals surface area contributed by atoms with Gasteiger partial charge in [0.2, 0.25) is 5.88 Å². The predicted octanol–water partition coefficient (Wildman–Crippen LogP) is 1.42. The van der Waals surface area contributed by atoms with Crippen LogP contribution in [0.25, 0.3) is 0 Å². The molecule has 10 heavy (non-hydrogen) atoms. The molecule has 0 bridgehead atoms. The molecule has 4 nitrogen and oxygen atoms in total. The Balaban J connectivity index is 2.47. The minimum atomic E-state index is 0.474. The molecule has 1 N–H and O–H groups in total. The van der Waals surface area contributed by atoms with E-state index in [2.05, 4.69) is 14.7 Å². The van der Waals surface area contributed by atoms with Crippen LogP contribution < -0.4 is 0 Å². The van der Waals surface area contributed by atoms with E-state index in [1.54, 1.807) is 12.3 Å². The van der Waals surface area contributed by atoms with Crippen molar-refractivity contribution < 1.29 is 4.52 Å². The standard InChI is InChI=1S/C6H7N3O/c7-3-1-4-8-6-2-5-9-10-6/h2-5,7H,1H2. The van der Waals surface area contributed by atoms with Crippen LogP contribution in [-0.2, 0) is 0 Å². The van der Waals surface area contributed by atoms with Gasteiger partial charge in [0.1, 0.15) is 0 Å². The number of rotatable bonds is 3. The Bertz CT molecular complexity index is 215. The highest BCUT2D eigenvalue weighted by atomic mass is 16.5. The van der Waals surface area contributed by atoms with E-state index in [9.17, 15) is 0 Å². The topological polar surface area (TPSA) is 62.2 Å². The molecule has 1 rings (SSSR count). The SMILES string of the molecule is N=CCC=Nc1ccno1. The summed E-state index contributed by atoms with van der Waals surface area (Å²) in [4.78, 5) is 3.85. The minimum Gasteiger partial charge on any atom is -0.337 e. The molecule has 0 aliphatic rings. The van der Waals surface area contributed by atoms with E-state index >= 15 is 0 Å². The molecule has 0 unspecified atom stereocenters. The van der Waals surface area contributed by atoms with Crippen LogP contribution in [0.2, 0.25) is 0 Å². The van der Waals surface area contributed by atoms with Crippen LogP contribution in [0.5, 0.6) is 0 Å². The van der Waals surface area contributed by atoms with Gasteiger partial charge < -0.3 is 9.93 Å². The van der Waals surface area contributed by atoms with Crippen molar-refractivity contribution in [1.82, 2.24) is 5.16 Å². The second kappa shape index (κ2) is 3.55. The highest BCUT2D eigenvalue weighted by Gasteiger charge is 1.86. The number of aliphatic imine (C=N–C) groups is 1. The fraction of sp³-hybridized carbons (Fsp3) is 0.167. The van der Waals surface area contributed by atoms with Gasteiger partial charge in [-0.15, -0.1) is 0 Å². The zero-order chi connectivity index (χ0) is 7.23. The van der Waals surface area contributed by atoms with E-state index in [1.807, 2.05) is 0 Å². The van der Waals surface area contributed by atoms with Crippen molar-refractivity contribution >= 4 is 18.3 Å². The van der Waals surface area contributed by atoms with Gasteiger partial charge in [-0.05, 0) is 0 Å². The van der Waals surface area contributed by atoms with Gasteiger partial charge in [0, 0.05) is 24.9 Å². The first-order valence-electron chi connectivity index (χ1n) is 2.85. The lowest BCUT2D eigenvalue weighted by Crippen LogP contribution is -1.71. The van der Waals surface area contributed by atoms with Crippen molar-refractivity contribution in [1.29, 1.82) is 5.41 Å². The minimum absolute atomic E-state index is 0.474. The molecule has 1 aromatic rings. The Hall–Kier alpha value is -1.45. The molecule has 0 amide bonds. The van der Waals surface area contributed by atoms with Gasteiger partial charge in [-0.2, -0.15) is 0 Å². The normalized spacial score (nSPS) is 10.4. The number of hydrogen-bond donors (Lipinski definition) is 1. The van der Waals surface area contributed by atoms with Crippen molar-refractivity contribution in [2.24, 2.45) is 4.99 Å². The fourth-order valence-corrected chi connectivity index (χ4v) is 0.471. The van der Waals surface area contributed by atoms with Gasteiger partial charge in [-0.3, -0.25) is 0 Å². The maximum Gasteiger partial charge on any atom is 0.249 e. The first-order valence-corrected chi connectivity index (χ1v) is 2.85. The lowest BCUT2D eigenvalue weighted by Gasteiger charge is -1.78. The second-order valence-electron chi connectivity index (χ2n) is 1.60. The molecule has 0 saturated heterocycles. The summed E-state index contributed by atoms with van der Waals surface area (Å²) in [6.07, 6.45) is 4.91. The lowest BCUT2D eigenvalue weighted by molar-refractivity contribution is 0.430. The number of nitrogens with zero attached hydrogens (tertiary/aromatic N) is 2. The largest absolute Gasteiger partial charge is 0.337 e. The number of nitrogens with one attached hydrogen (secondary N) is 1. The monoisotopic (exact) mass is 137 g/mol. The van der Waals surface area contributed by atoms with E-state index in [1.165, 1.54) is 12.4 Å². The maximum absolute atomic E-state index is 6.67. The summed E-state index contributed by atoms with van der Waals surface area (Å²) in [7, 11) is 0. The fourth-order valence-electron chi connectivity index (χ4n) is 0.471. The Morgan fingerprint density at radius 3 is 3.30 bits per heavy atom. The summed E-state index contributed by atoms with van der Waals surface area (Å²) in [5.74, 6) is 0.474. The second-order valence-corrected chi connectivity index (χ2v) is 1.60. The Morgan fingerprint density at radius 1 is 1.80 bits per heavy atom. The molecule has 0 saturated carbocycles. The van der Waals surface area contributed by atoms with Gasteiger partial charge >= 0.3 is 0 Å². The molecular weight excluding hydrogens is 130 g/mol. The van der Waals surface area contributed by atoms with Gasteiger partial charge in [0.25, 0.3) is 0 Å². The molecule has 0 atom stereocenters. The van der Waals surface area contributed by atoms with Crippen LogP contribution in [0.3, 0.4) is 0 Å². The smallest absolute Gasteiger partial charge is 0.249 e. The maximum atomic E-state index is 6.67. The van der Waals surface area contributed by atoms with E-state index in [4.69, 9.17) is 5.41 Å². The number of hydrogen-bond acceptors (Lipinski definition) is 4. The molecule has 0 radical (unpaired) electrons. The van der Waals surface area contributed by atoms with Crippen LogP contribution in [0.4, 0.5) is 5.88 Å². The summed E-state index contributed by atoms with van der Waals surface area (Å²) in [5, 5.41) is 10.1. The molecule has 0 aromatic carbocycles. The summed E-state index contributed by atoms with van der Waals surface area (Å²) >= 11 is 0. The van der Waals surface area contributed by atoms with Crippen LogP contribution in [-0.4, -0.2) is 17.6 Å². The molecule has 0 spiro atoms. The molecular formula is C6H7N3O. The van der Waals surface area contributed by atoms with Crippen molar-refractivity contribution in [3.05, 3.63) is 12.3 Å². The van der Waals surface area contributed by atoms with Crippen LogP contribution >= 0.6 is 0 Å². The van der Waals surface area contributed by atoms with E-state index < -0.39 is 0 Å². The summed E-state index contributed by atoms with van der Waals surface area (Å²) in [6, 6.07) is 1.65. The van der Waals surface area contributed by atoms with Gasteiger partial charge in [0.05, 0.1) is 6.20 Å². The van der Waals surface area contributed by atoms with Crippen molar-refractivity contribution in [3.8, 4) is 0 Å². The molecule has 0 fully saturated rings. The summed E-state index contributed by atoms with van der Waals surface area (Å²) < 4.78 is 4.66. The van der Waals surface area contributed by atoms with Crippen LogP contribution in [0, 0.1) is 5.41 Å². The molecule has 4 heteroatoms. The Morgan fingerprint density at radius 2 is 2.70 bits per heavy atom. The third-order valence-electron chi connectivity index (χ3n) is 0.866.